The number of Topliss-reactive ketones (excluding diaryl/α,β-unsaturated/α-hetero) is 1. The third-order valence-corrected chi connectivity index (χ3v) is 3.53. The molecule has 0 N–H and O–H groups in total. The van der Waals surface area contributed by atoms with Crippen LogP contribution in [0.15, 0.2) is 35.1 Å². The van der Waals surface area contributed by atoms with Crippen LogP contribution in [-0.2, 0) is 11.3 Å². The maximum atomic E-state index is 13.7. The van der Waals surface area contributed by atoms with Crippen molar-refractivity contribution >= 4 is 33.3 Å². The summed E-state index contributed by atoms with van der Waals surface area (Å²) in [6.07, 6.45) is 3.07. The van der Waals surface area contributed by atoms with E-state index in [0.29, 0.717) is 16.1 Å². The van der Waals surface area contributed by atoms with E-state index in [9.17, 15) is 18.4 Å². The fraction of sp³-hybridized carbons (Fsp3) is 0.0714. The van der Waals surface area contributed by atoms with Crippen molar-refractivity contribution in [2.45, 2.75) is 6.54 Å². The minimum atomic E-state index is -1.03. The highest BCUT2D eigenvalue weighted by Gasteiger charge is 2.38. The van der Waals surface area contributed by atoms with Crippen LogP contribution in [-0.4, -0.2) is 16.7 Å². The Balaban J connectivity index is 2.05. The van der Waals surface area contributed by atoms with Crippen molar-refractivity contribution in [2.75, 3.05) is 4.90 Å². The molecule has 2 aromatic rings. The lowest BCUT2D eigenvalue weighted by molar-refractivity contribution is -0.114. The van der Waals surface area contributed by atoms with Crippen molar-refractivity contribution < 1.29 is 18.4 Å². The molecule has 0 spiro atoms. The number of hydrogen-bond donors (Lipinski definition) is 0. The van der Waals surface area contributed by atoms with Crippen molar-refractivity contribution in [3.05, 3.63) is 57.8 Å². The minimum Gasteiger partial charge on any atom is -0.300 e. The van der Waals surface area contributed by atoms with E-state index in [-0.39, 0.29) is 17.8 Å². The number of halogens is 3. The fourth-order valence-corrected chi connectivity index (χ4v) is 2.63. The summed E-state index contributed by atoms with van der Waals surface area (Å²) in [6.45, 7) is 0.00685. The number of hydrogen-bond acceptors (Lipinski definition) is 3. The van der Waals surface area contributed by atoms with Crippen molar-refractivity contribution in [3.8, 4) is 0 Å². The zero-order valence-electron chi connectivity index (χ0n) is 10.4. The summed E-state index contributed by atoms with van der Waals surface area (Å²) in [5, 5.41) is 0. The van der Waals surface area contributed by atoms with Crippen LogP contribution in [0.3, 0.4) is 0 Å². The summed E-state index contributed by atoms with van der Waals surface area (Å²) >= 11 is 3.24. The van der Waals surface area contributed by atoms with Gasteiger partial charge in [0, 0.05) is 22.9 Å². The third kappa shape index (κ3) is 2.33. The zero-order valence-corrected chi connectivity index (χ0v) is 12.0. The van der Waals surface area contributed by atoms with Gasteiger partial charge in [0.2, 0.25) is 0 Å². The number of aromatic nitrogens is 1. The predicted molar refractivity (Wildman–Crippen MR) is 73.8 cm³/mol. The van der Waals surface area contributed by atoms with E-state index in [1.54, 1.807) is 12.3 Å². The normalized spacial score (nSPS) is 13.8. The second kappa shape index (κ2) is 5.00. The summed E-state index contributed by atoms with van der Waals surface area (Å²) in [7, 11) is 0. The van der Waals surface area contributed by atoms with Crippen LogP contribution in [0.2, 0.25) is 0 Å². The van der Waals surface area contributed by atoms with Crippen LogP contribution >= 0.6 is 15.9 Å². The lowest BCUT2D eigenvalue weighted by Crippen LogP contribution is -2.29. The van der Waals surface area contributed by atoms with Crippen LogP contribution in [0.4, 0.5) is 14.5 Å². The van der Waals surface area contributed by atoms with Gasteiger partial charge in [0.15, 0.2) is 0 Å². The van der Waals surface area contributed by atoms with Gasteiger partial charge in [0.05, 0.1) is 17.8 Å². The molecule has 1 aromatic carbocycles. The largest absolute Gasteiger partial charge is 0.300 e. The maximum Gasteiger partial charge on any atom is 0.299 e. The van der Waals surface area contributed by atoms with E-state index in [0.717, 1.165) is 11.0 Å². The van der Waals surface area contributed by atoms with E-state index in [1.807, 2.05) is 0 Å². The van der Waals surface area contributed by atoms with E-state index in [1.165, 1.54) is 6.20 Å². The zero-order chi connectivity index (χ0) is 15.1. The van der Waals surface area contributed by atoms with Gasteiger partial charge in [-0.15, -0.1) is 0 Å². The highest BCUT2D eigenvalue weighted by atomic mass is 79.9. The predicted octanol–water partition coefficient (Wildman–Crippen LogP) is 2.85. The average molecular weight is 353 g/mol. The number of pyridine rings is 1. The topological polar surface area (TPSA) is 50.3 Å². The molecule has 4 nitrogen and oxygen atoms in total. The molecule has 0 fully saturated rings. The second-order valence-corrected chi connectivity index (χ2v) is 5.43. The molecule has 0 radical (unpaired) electrons. The molecule has 1 aliphatic rings. The molecule has 1 aliphatic heterocycles. The first-order valence-electron chi connectivity index (χ1n) is 5.92. The van der Waals surface area contributed by atoms with Crippen LogP contribution in [0, 0.1) is 11.6 Å². The highest BCUT2D eigenvalue weighted by Crippen LogP contribution is 2.33. The molecule has 0 saturated heterocycles. The molecule has 0 atom stereocenters. The Hall–Kier alpha value is -2.15. The first-order valence-corrected chi connectivity index (χ1v) is 6.71. The number of carbonyl (C=O) groups excluding carboxylic acids is 2. The fourth-order valence-electron chi connectivity index (χ4n) is 2.22. The Morgan fingerprint density at radius 1 is 1.14 bits per heavy atom. The molecule has 3 rings (SSSR count). The standard InChI is InChI=1S/C14H7BrF2N2O2/c15-8-1-7(4-18-5-8)6-19-11-3-9(16)2-10(17)12(11)13(20)14(19)21/h1-5H,6H2. The average Bonchev–Trinajstić information content (AvgIpc) is 2.64. The van der Waals surface area contributed by atoms with Crippen molar-refractivity contribution in [3.63, 3.8) is 0 Å². The van der Waals surface area contributed by atoms with Gasteiger partial charge in [-0.2, -0.15) is 0 Å². The number of carbonyl (C=O) groups is 2. The van der Waals surface area contributed by atoms with Crippen LogP contribution < -0.4 is 4.90 Å². The van der Waals surface area contributed by atoms with Crippen molar-refractivity contribution in [2.24, 2.45) is 0 Å². The molecular weight excluding hydrogens is 346 g/mol. The summed E-state index contributed by atoms with van der Waals surface area (Å²) in [4.78, 5) is 28.8. The molecule has 7 heteroatoms. The Labute approximate surface area is 126 Å². The number of anilines is 1. The number of rotatable bonds is 2. The van der Waals surface area contributed by atoms with E-state index in [4.69, 9.17) is 0 Å². The summed E-state index contributed by atoms with van der Waals surface area (Å²) in [5.41, 5.74) is 0.190. The van der Waals surface area contributed by atoms with Crippen LogP contribution in [0.1, 0.15) is 15.9 Å². The van der Waals surface area contributed by atoms with Gasteiger partial charge in [-0.3, -0.25) is 14.6 Å². The van der Waals surface area contributed by atoms with Gasteiger partial charge in [-0.05, 0) is 33.6 Å². The third-order valence-electron chi connectivity index (χ3n) is 3.09. The number of benzene rings is 1. The lowest BCUT2D eigenvalue weighted by Gasteiger charge is -2.16. The van der Waals surface area contributed by atoms with Crippen LogP contribution in [0.5, 0.6) is 0 Å². The smallest absolute Gasteiger partial charge is 0.299 e. The maximum absolute atomic E-state index is 13.7. The molecule has 0 bridgehead atoms. The molecule has 0 unspecified atom stereocenters. The van der Waals surface area contributed by atoms with Gasteiger partial charge >= 0.3 is 0 Å². The number of nitrogens with zero attached hydrogens (tertiary/aromatic N) is 2. The Kier molecular flexibility index (Phi) is 3.29. The van der Waals surface area contributed by atoms with Gasteiger partial charge in [0.25, 0.3) is 11.7 Å². The molecule has 2 heterocycles. The monoisotopic (exact) mass is 352 g/mol. The van der Waals surface area contributed by atoms with E-state index in [2.05, 4.69) is 20.9 Å². The number of amides is 1. The van der Waals surface area contributed by atoms with Crippen molar-refractivity contribution in [1.82, 2.24) is 4.98 Å². The first kappa shape index (κ1) is 13.8. The quantitative estimate of drug-likeness (QED) is 0.781. The number of ketones is 1. The molecule has 21 heavy (non-hydrogen) atoms. The molecule has 1 aromatic heterocycles. The lowest BCUT2D eigenvalue weighted by atomic mass is 10.1. The van der Waals surface area contributed by atoms with Gasteiger partial charge < -0.3 is 4.90 Å². The number of fused-ring (bicyclic) bond motifs is 1. The van der Waals surface area contributed by atoms with E-state index < -0.39 is 23.3 Å². The van der Waals surface area contributed by atoms with E-state index >= 15 is 0 Å². The SMILES string of the molecule is O=C1C(=O)N(Cc2cncc(Br)c2)c2cc(F)cc(F)c21. The summed E-state index contributed by atoms with van der Waals surface area (Å²) < 4.78 is 27.7. The van der Waals surface area contributed by atoms with Gasteiger partial charge in [0.1, 0.15) is 11.6 Å². The van der Waals surface area contributed by atoms with Crippen LogP contribution in [0.25, 0.3) is 0 Å². The second-order valence-electron chi connectivity index (χ2n) is 4.51. The first-order chi connectivity index (χ1) is 9.97. The Morgan fingerprint density at radius 3 is 2.62 bits per heavy atom. The van der Waals surface area contributed by atoms with Crippen molar-refractivity contribution in [1.29, 1.82) is 0 Å². The Bertz CT molecular complexity index is 780. The molecule has 0 saturated carbocycles. The summed E-state index contributed by atoms with van der Waals surface area (Å²) in [6, 6.07) is 3.28. The molecule has 1 amide bonds. The molecule has 0 aliphatic carbocycles. The van der Waals surface area contributed by atoms with Gasteiger partial charge in [-0.1, -0.05) is 0 Å². The van der Waals surface area contributed by atoms with Gasteiger partial charge in [-0.25, -0.2) is 8.78 Å². The highest BCUT2D eigenvalue weighted by molar-refractivity contribution is 9.10. The Morgan fingerprint density at radius 2 is 1.90 bits per heavy atom. The molecule has 106 valence electrons. The summed E-state index contributed by atoms with van der Waals surface area (Å²) in [5.74, 6) is -3.72. The molecular formula is C14H7BrF2N2O2. The minimum absolute atomic E-state index is 0.00685.